The third kappa shape index (κ3) is 2.57. The van der Waals surface area contributed by atoms with Crippen LogP contribution in [0.1, 0.15) is 23.4 Å². The van der Waals surface area contributed by atoms with Crippen molar-refractivity contribution in [2.45, 2.75) is 25.9 Å². The quantitative estimate of drug-likeness (QED) is 0.864. The highest BCUT2D eigenvalue weighted by Crippen LogP contribution is 2.15. The number of rotatable bonds is 3. The average Bonchev–Trinajstić information content (AvgIpc) is 2.79. The molecule has 1 aliphatic heterocycles. The molecule has 5 nitrogen and oxygen atoms in total. The first kappa shape index (κ1) is 13.1. The molecule has 1 saturated heterocycles. The van der Waals surface area contributed by atoms with Gasteiger partial charge in [0.15, 0.2) is 9.84 Å². The van der Waals surface area contributed by atoms with E-state index in [1.165, 1.54) is 0 Å². The second-order valence-corrected chi connectivity index (χ2v) is 7.02. The summed E-state index contributed by atoms with van der Waals surface area (Å²) in [7, 11) is -0.979. The molecular weight excluding hydrogens is 250 g/mol. The summed E-state index contributed by atoms with van der Waals surface area (Å²) in [6, 6.07) is 4.03. The molecule has 6 heteroatoms. The molecule has 0 bridgehead atoms. The van der Waals surface area contributed by atoms with Crippen LogP contribution in [-0.2, 0) is 23.4 Å². The molecule has 1 aliphatic rings. The van der Waals surface area contributed by atoms with Crippen LogP contribution in [0.15, 0.2) is 6.07 Å². The van der Waals surface area contributed by atoms with Gasteiger partial charge in [-0.2, -0.15) is 5.26 Å². The molecule has 2 heterocycles. The van der Waals surface area contributed by atoms with Gasteiger partial charge in [0.25, 0.3) is 0 Å². The Bertz CT molecular complexity index is 596. The molecule has 1 fully saturated rings. The van der Waals surface area contributed by atoms with Gasteiger partial charge in [-0.15, -0.1) is 0 Å². The van der Waals surface area contributed by atoms with Crippen molar-refractivity contribution < 1.29 is 8.42 Å². The van der Waals surface area contributed by atoms with Crippen molar-refractivity contribution in [2.75, 3.05) is 11.5 Å². The molecule has 0 amide bonds. The van der Waals surface area contributed by atoms with Gasteiger partial charge in [0.2, 0.25) is 0 Å². The Morgan fingerprint density at radius 1 is 1.61 bits per heavy atom. The molecule has 1 unspecified atom stereocenters. The molecule has 1 aromatic heterocycles. The Labute approximate surface area is 107 Å². The first-order valence-corrected chi connectivity index (χ1v) is 7.74. The van der Waals surface area contributed by atoms with Crippen LogP contribution in [0.3, 0.4) is 0 Å². The SMILES string of the molecule is Cc1c(CNC2CCS(=O)(=O)C2)cc(C#N)n1C. The highest BCUT2D eigenvalue weighted by molar-refractivity contribution is 7.91. The number of aromatic nitrogens is 1. The van der Waals surface area contributed by atoms with Crippen molar-refractivity contribution in [2.24, 2.45) is 7.05 Å². The van der Waals surface area contributed by atoms with Crippen molar-refractivity contribution in [1.29, 1.82) is 5.26 Å². The summed E-state index contributed by atoms with van der Waals surface area (Å²) in [6.07, 6.45) is 0.680. The number of nitriles is 1. The predicted octanol–water partition coefficient (Wildman–Crippen LogP) is 0.482. The lowest BCUT2D eigenvalue weighted by Crippen LogP contribution is -2.29. The van der Waals surface area contributed by atoms with E-state index in [4.69, 9.17) is 5.26 Å². The monoisotopic (exact) mass is 267 g/mol. The fourth-order valence-electron chi connectivity index (χ4n) is 2.26. The fourth-order valence-corrected chi connectivity index (χ4v) is 3.97. The Morgan fingerprint density at radius 2 is 2.33 bits per heavy atom. The van der Waals surface area contributed by atoms with Crippen LogP contribution in [-0.4, -0.2) is 30.5 Å². The summed E-state index contributed by atoms with van der Waals surface area (Å²) in [6.45, 7) is 2.57. The van der Waals surface area contributed by atoms with Crippen molar-refractivity contribution in [1.82, 2.24) is 9.88 Å². The Morgan fingerprint density at radius 3 is 2.83 bits per heavy atom. The third-order valence-electron chi connectivity index (χ3n) is 3.57. The smallest absolute Gasteiger partial charge is 0.151 e. The Hall–Kier alpha value is -1.32. The standard InChI is InChI=1S/C12H17N3O2S/c1-9-10(5-12(6-13)15(9)2)7-14-11-3-4-18(16,17)8-11/h5,11,14H,3-4,7-8H2,1-2H3. The van der Waals surface area contributed by atoms with Gasteiger partial charge in [0, 0.05) is 25.3 Å². The molecule has 1 N–H and O–H groups in total. The number of hydrogen-bond donors (Lipinski definition) is 1. The van der Waals surface area contributed by atoms with Gasteiger partial charge < -0.3 is 9.88 Å². The largest absolute Gasteiger partial charge is 0.340 e. The molecule has 0 radical (unpaired) electrons. The van der Waals surface area contributed by atoms with E-state index in [9.17, 15) is 8.42 Å². The molecule has 0 spiro atoms. The third-order valence-corrected chi connectivity index (χ3v) is 5.34. The number of sulfone groups is 1. The van der Waals surface area contributed by atoms with Crippen LogP contribution >= 0.6 is 0 Å². The lowest BCUT2D eigenvalue weighted by molar-refractivity contribution is 0.552. The molecule has 98 valence electrons. The van der Waals surface area contributed by atoms with Crippen LogP contribution in [0.4, 0.5) is 0 Å². The zero-order valence-corrected chi connectivity index (χ0v) is 11.4. The molecular formula is C12H17N3O2S. The zero-order valence-electron chi connectivity index (χ0n) is 10.6. The van der Waals surface area contributed by atoms with E-state index in [0.717, 1.165) is 11.3 Å². The van der Waals surface area contributed by atoms with Gasteiger partial charge in [0.1, 0.15) is 11.8 Å². The van der Waals surface area contributed by atoms with Crippen LogP contribution < -0.4 is 5.32 Å². The lowest BCUT2D eigenvalue weighted by Gasteiger charge is -2.10. The molecule has 0 saturated carbocycles. The van der Waals surface area contributed by atoms with Crippen LogP contribution in [0, 0.1) is 18.3 Å². The van der Waals surface area contributed by atoms with E-state index in [-0.39, 0.29) is 17.5 Å². The van der Waals surface area contributed by atoms with Gasteiger partial charge in [0.05, 0.1) is 11.5 Å². The van der Waals surface area contributed by atoms with Crippen LogP contribution in [0.25, 0.3) is 0 Å². The maximum Gasteiger partial charge on any atom is 0.151 e. The molecule has 18 heavy (non-hydrogen) atoms. The Balaban J connectivity index is 2.02. The summed E-state index contributed by atoms with van der Waals surface area (Å²) in [5.74, 6) is 0.506. The van der Waals surface area contributed by atoms with Gasteiger partial charge in [-0.1, -0.05) is 0 Å². The summed E-state index contributed by atoms with van der Waals surface area (Å²) in [4.78, 5) is 0. The predicted molar refractivity (Wildman–Crippen MR) is 68.8 cm³/mol. The number of hydrogen-bond acceptors (Lipinski definition) is 4. The van der Waals surface area contributed by atoms with Gasteiger partial charge in [-0.3, -0.25) is 0 Å². The highest BCUT2D eigenvalue weighted by atomic mass is 32.2. The minimum absolute atomic E-state index is 0.0418. The Kier molecular flexibility index (Phi) is 3.46. The molecule has 0 aliphatic carbocycles. The van der Waals surface area contributed by atoms with Crippen molar-refractivity contribution in [3.63, 3.8) is 0 Å². The zero-order chi connectivity index (χ0) is 13.3. The normalized spacial score (nSPS) is 21.9. The van der Waals surface area contributed by atoms with Crippen molar-refractivity contribution in [3.8, 4) is 6.07 Å². The minimum Gasteiger partial charge on any atom is -0.340 e. The van der Waals surface area contributed by atoms with E-state index in [1.807, 2.05) is 24.6 Å². The van der Waals surface area contributed by atoms with Gasteiger partial charge in [-0.05, 0) is 25.0 Å². The number of nitrogens with one attached hydrogen (secondary N) is 1. The lowest BCUT2D eigenvalue weighted by atomic mass is 10.2. The summed E-state index contributed by atoms with van der Waals surface area (Å²) in [5, 5.41) is 12.2. The van der Waals surface area contributed by atoms with Crippen molar-refractivity contribution in [3.05, 3.63) is 23.0 Å². The average molecular weight is 267 g/mol. The maximum atomic E-state index is 11.3. The minimum atomic E-state index is -2.84. The fraction of sp³-hybridized carbons (Fsp3) is 0.583. The molecule has 1 atom stereocenters. The van der Waals surface area contributed by atoms with Gasteiger partial charge >= 0.3 is 0 Å². The highest BCUT2D eigenvalue weighted by Gasteiger charge is 2.27. The summed E-state index contributed by atoms with van der Waals surface area (Å²) >= 11 is 0. The summed E-state index contributed by atoms with van der Waals surface area (Å²) in [5.41, 5.74) is 2.72. The topological polar surface area (TPSA) is 74.9 Å². The maximum absolute atomic E-state index is 11.3. The van der Waals surface area contributed by atoms with E-state index in [1.54, 1.807) is 0 Å². The number of nitrogens with zero attached hydrogens (tertiary/aromatic N) is 2. The first-order chi connectivity index (χ1) is 8.43. The van der Waals surface area contributed by atoms with E-state index in [2.05, 4.69) is 11.4 Å². The molecule has 2 rings (SSSR count). The second-order valence-electron chi connectivity index (χ2n) is 4.79. The summed E-state index contributed by atoms with van der Waals surface area (Å²) < 4.78 is 24.5. The van der Waals surface area contributed by atoms with Crippen LogP contribution in [0.5, 0.6) is 0 Å². The molecule has 0 aromatic carbocycles. The second kappa shape index (κ2) is 4.75. The van der Waals surface area contributed by atoms with Gasteiger partial charge in [-0.25, -0.2) is 8.42 Å². The van der Waals surface area contributed by atoms with E-state index in [0.29, 0.717) is 18.7 Å². The molecule has 1 aromatic rings. The van der Waals surface area contributed by atoms with E-state index < -0.39 is 9.84 Å². The van der Waals surface area contributed by atoms with Crippen LogP contribution in [0.2, 0.25) is 0 Å². The van der Waals surface area contributed by atoms with Crippen molar-refractivity contribution >= 4 is 9.84 Å². The van der Waals surface area contributed by atoms with E-state index >= 15 is 0 Å². The first-order valence-electron chi connectivity index (χ1n) is 5.92.